The fourth-order valence-corrected chi connectivity index (χ4v) is 1.40. The Kier molecular flexibility index (Phi) is 2.63. The first-order chi connectivity index (χ1) is 6.75. The third-order valence-corrected chi connectivity index (χ3v) is 2.35. The fourth-order valence-electron chi connectivity index (χ4n) is 1.40. The summed E-state index contributed by atoms with van der Waals surface area (Å²) < 4.78 is 1.66. The SMILES string of the molecule is Cc1cnc(=O)n(CCNC2CC2)c1. The zero-order chi connectivity index (χ0) is 9.97. The van der Waals surface area contributed by atoms with E-state index in [0.717, 1.165) is 12.1 Å². The van der Waals surface area contributed by atoms with Crippen LogP contribution >= 0.6 is 0 Å². The van der Waals surface area contributed by atoms with Crippen LogP contribution in [0.2, 0.25) is 0 Å². The van der Waals surface area contributed by atoms with E-state index in [1.54, 1.807) is 10.8 Å². The van der Waals surface area contributed by atoms with Crippen molar-refractivity contribution < 1.29 is 0 Å². The molecule has 1 saturated carbocycles. The Morgan fingerprint density at radius 2 is 2.43 bits per heavy atom. The number of rotatable bonds is 4. The maximum Gasteiger partial charge on any atom is 0.347 e. The number of hydrogen-bond donors (Lipinski definition) is 1. The van der Waals surface area contributed by atoms with Crippen LogP contribution in [0.25, 0.3) is 0 Å². The summed E-state index contributed by atoms with van der Waals surface area (Å²) in [4.78, 5) is 15.1. The van der Waals surface area contributed by atoms with Crippen LogP contribution < -0.4 is 11.0 Å². The zero-order valence-corrected chi connectivity index (χ0v) is 8.36. The Morgan fingerprint density at radius 1 is 1.64 bits per heavy atom. The van der Waals surface area contributed by atoms with Crippen molar-refractivity contribution >= 4 is 0 Å². The van der Waals surface area contributed by atoms with E-state index in [1.807, 2.05) is 13.1 Å². The largest absolute Gasteiger partial charge is 0.347 e. The van der Waals surface area contributed by atoms with Gasteiger partial charge in [-0.15, -0.1) is 0 Å². The van der Waals surface area contributed by atoms with Gasteiger partial charge >= 0.3 is 5.69 Å². The smallest absolute Gasteiger partial charge is 0.312 e. The molecule has 1 aliphatic rings. The molecule has 0 radical (unpaired) electrons. The van der Waals surface area contributed by atoms with Gasteiger partial charge in [0.1, 0.15) is 0 Å². The predicted octanol–water partition coefficient (Wildman–Crippen LogP) is 0.304. The molecule has 1 aromatic heterocycles. The van der Waals surface area contributed by atoms with Gasteiger partial charge in [0.15, 0.2) is 0 Å². The molecule has 0 spiro atoms. The van der Waals surface area contributed by atoms with Crippen molar-refractivity contribution in [2.45, 2.75) is 32.4 Å². The first-order valence-electron chi connectivity index (χ1n) is 5.02. The molecule has 1 aromatic rings. The molecule has 0 bridgehead atoms. The van der Waals surface area contributed by atoms with Crippen LogP contribution in [0, 0.1) is 6.92 Å². The highest BCUT2D eigenvalue weighted by Gasteiger charge is 2.19. The molecule has 1 heterocycles. The van der Waals surface area contributed by atoms with Crippen LogP contribution in [-0.2, 0) is 6.54 Å². The van der Waals surface area contributed by atoms with Crippen LogP contribution in [0.1, 0.15) is 18.4 Å². The van der Waals surface area contributed by atoms with Gasteiger partial charge in [0.05, 0.1) is 0 Å². The molecular formula is C10H15N3O. The third-order valence-electron chi connectivity index (χ3n) is 2.35. The van der Waals surface area contributed by atoms with E-state index in [2.05, 4.69) is 10.3 Å². The molecule has 0 amide bonds. The second-order valence-corrected chi connectivity index (χ2v) is 3.84. The summed E-state index contributed by atoms with van der Waals surface area (Å²) in [7, 11) is 0. The molecule has 0 atom stereocenters. The number of hydrogen-bond acceptors (Lipinski definition) is 3. The molecule has 2 rings (SSSR count). The minimum atomic E-state index is -0.159. The lowest BCUT2D eigenvalue weighted by Crippen LogP contribution is -2.29. The molecule has 76 valence electrons. The van der Waals surface area contributed by atoms with Gasteiger partial charge in [-0.1, -0.05) is 0 Å². The minimum absolute atomic E-state index is 0.159. The molecule has 14 heavy (non-hydrogen) atoms. The van der Waals surface area contributed by atoms with Crippen molar-refractivity contribution in [2.75, 3.05) is 6.54 Å². The molecule has 4 heteroatoms. The zero-order valence-electron chi connectivity index (χ0n) is 8.36. The molecule has 0 unspecified atom stereocenters. The maximum absolute atomic E-state index is 11.3. The molecule has 0 aromatic carbocycles. The van der Waals surface area contributed by atoms with Crippen molar-refractivity contribution in [1.29, 1.82) is 0 Å². The quantitative estimate of drug-likeness (QED) is 0.748. The van der Waals surface area contributed by atoms with Crippen molar-refractivity contribution in [2.24, 2.45) is 0 Å². The normalized spacial score (nSPS) is 15.8. The highest BCUT2D eigenvalue weighted by Crippen LogP contribution is 2.17. The Balaban J connectivity index is 1.93. The summed E-state index contributed by atoms with van der Waals surface area (Å²) in [6.07, 6.45) is 6.01. The highest BCUT2D eigenvalue weighted by atomic mass is 16.1. The molecule has 4 nitrogen and oxygen atoms in total. The lowest BCUT2D eigenvalue weighted by Gasteiger charge is -2.05. The Bertz CT molecular complexity index is 368. The maximum atomic E-state index is 11.3. The molecule has 1 fully saturated rings. The van der Waals surface area contributed by atoms with E-state index in [-0.39, 0.29) is 5.69 Å². The van der Waals surface area contributed by atoms with E-state index in [1.165, 1.54) is 12.8 Å². The van der Waals surface area contributed by atoms with Crippen LogP contribution in [-0.4, -0.2) is 22.1 Å². The van der Waals surface area contributed by atoms with Crippen LogP contribution in [0.15, 0.2) is 17.2 Å². The second kappa shape index (κ2) is 3.92. The van der Waals surface area contributed by atoms with Gasteiger partial charge in [-0.2, -0.15) is 0 Å². The molecule has 1 aliphatic carbocycles. The Morgan fingerprint density at radius 3 is 3.14 bits per heavy atom. The molecule has 0 aliphatic heterocycles. The summed E-state index contributed by atoms with van der Waals surface area (Å²) in [5.41, 5.74) is 0.865. The first kappa shape index (κ1) is 9.40. The van der Waals surface area contributed by atoms with E-state index < -0.39 is 0 Å². The van der Waals surface area contributed by atoms with Crippen molar-refractivity contribution in [3.8, 4) is 0 Å². The topological polar surface area (TPSA) is 46.9 Å². The van der Waals surface area contributed by atoms with Gasteiger partial charge < -0.3 is 5.32 Å². The van der Waals surface area contributed by atoms with E-state index >= 15 is 0 Å². The fraction of sp³-hybridized carbons (Fsp3) is 0.600. The summed E-state index contributed by atoms with van der Waals surface area (Å²) >= 11 is 0. The van der Waals surface area contributed by atoms with Gasteiger partial charge in [0, 0.05) is 31.5 Å². The molecule has 1 N–H and O–H groups in total. The number of nitrogens with one attached hydrogen (secondary N) is 1. The summed E-state index contributed by atoms with van der Waals surface area (Å²) in [6, 6.07) is 0.698. The summed E-state index contributed by atoms with van der Waals surface area (Å²) in [5.74, 6) is 0. The average molecular weight is 193 g/mol. The second-order valence-electron chi connectivity index (χ2n) is 3.84. The molecule has 0 saturated heterocycles. The number of aromatic nitrogens is 2. The van der Waals surface area contributed by atoms with E-state index in [0.29, 0.717) is 12.6 Å². The van der Waals surface area contributed by atoms with Crippen LogP contribution in [0.3, 0.4) is 0 Å². The number of aryl methyl sites for hydroxylation is 1. The summed E-state index contributed by atoms with van der Waals surface area (Å²) in [5, 5.41) is 3.36. The standard InChI is InChI=1S/C10H15N3O/c1-8-6-12-10(14)13(7-8)5-4-11-9-2-3-9/h6-7,9,11H,2-5H2,1H3. The van der Waals surface area contributed by atoms with E-state index in [4.69, 9.17) is 0 Å². The number of nitrogens with zero attached hydrogens (tertiary/aromatic N) is 2. The lowest BCUT2D eigenvalue weighted by atomic mass is 10.4. The Hall–Kier alpha value is -1.16. The predicted molar refractivity (Wildman–Crippen MR) is 54.3 cm³/mol. The van der Waals surface area contributed by atoms with Gasteiger partial charge in [0.2, 0.25) is 0 Å². The minimum Gasteiger partial charge on any atom is -0.312 e. The van der Waals surface area contributed by atoms with Gasteiger partial charge in [-0.05, 0) is 25.3 Å². The third kappa shape index (κ3) is 2.42. The summed E-state index contributed by atoms with van der Waals surface area (Å²) in [6.45, 7) is 3.51. The van der Waals surface area contributed by atoms with Crippen LogP contribution in [0.4, 0.5) is 0 Å². The van der Waals surface area contributed by atoms with Gasteiger partial charge in [-0.3, -0.25) is 4.57 Å². The first-order valence-corrected chi connectivity index (χ1v) is 5.02. The lowest BCUT2D eigenvalue weighted by molar-refractivity contribution is 0.572. The van der Waals surface area contributed by atoms with Gasteiger partial charge in [0.25, 0.3) is 0 Å². The molecular weight excluding hydrogens is 178 g/mol. The van der Waals surface area contributed by atoms with Gasteiger partial charge in [-0.25, -0.2) is 9.78 Å². The van der Waals surface area contributed by atoms with Crippen molar-refractivity contribution in [3.63, 3.8) is 0 Å². The highest BCUT2D eigenvalue weighted by molar-refractivity contribution is 4.99. The Labute approximate surface area is 83.0 Å². The van der Waals surface area contributed by atoms with Crippen molar-refractivity contribution in [3.05, 3.63) is 28.4 Å². The average Bonchev–Trinajstić information content (AvgIpc) is 2.95. The van der Waals surface area contributed by atoms with E-state index in [9.17, 15) is 4.79 Å². The van der Waals surface area contributed by atoms with Crippen LogP contribution in [0.5, 0.6) is 0 Å². The van der Waals surface area contributed by atoms with Crippen molar-refractivity contribution in [1.82, 2.24) is 14.9 Å². The monoisotopic (exact) mass is 193 g/mol.